The highest BCUT2D eigenvalue weighted by atomic mass is 35.5. The van der Waals surface area contributed by atoms with E-state index in [4.69, 9.17) is 22.1 Å². The van der Waals surface area contributed by atoms with Crippen molar-refractivity contribution in [1.29, 1.82) is 0 Å². The number of hydrogen-bond donors (Lipinski definition) is 2. The molecule has 0 aliphatic carbocycles. The van der Waals surface area contributed by atoms with Gasteiger partial charge < -0.3 is 15.8 Å². The molecule has 8 nitrogen and oxygen atoms in total. The minimum atomic E-state index is -0.692. The summed E-state index contributed by atoms with van der Waals surface area (Å²) >= 11 is 6.19. The molecule has 0 fully saturated rings. The van der Waals surface area contributed by atoms with E-state index < -0.39 is 11.8 Å². The third-order valence-electron chi connectivity index (χ3n) is 3.87. The Labute approximate surface area is 166 Å². The van der Waals surface area contributed by atoms with Crippen molar-refractivity contribution in [3.05, 3.63) is 64.7 Å². The van der Waals surface area contributed by atoms with E-state index in [-0.39, 0.29) is 17.1 Å². The van der Waals surface area contributed by atoms with Gasteiger partial charge in [-0.05, 0) is 44.2 Å². The van der Waals surface area contributed by atoms with Crippen LogP contribution in [0.3, 0.4) is 0 Å². The Bertz CT molecular complexity index is 1050. The molecule has 0 unspecified atom stereocenters. The van der Waals surface area contributed by atoms with Crippen LogP contribution in [0.25, 0.3) is 5.69 Å². The second-order valence-electron chi connectivity index (χ2n) is 5.80. The van der Waals surface area contributed by atoms with Crippen LogP contribution in [0.15, 0.2) is 42.5 Å². The first kappa shape index (κ1) is 19.4. The summed E-state index contributed by atoms with van der Waals surface area (Å²) in [5, 5.41) is 7.32. The number of hydrogen-bond acceptors (Lipinski definition) is 5. The third kappa shape index (κ3) is 3.96. The predicted octanol–water partition coefficient (Wildman–Crippen LogP) is 2.98. The van der Waals surface area contributed by atoms with E-state index in [9.17, 15) is 9.59 Å². The van der Waals surface area contributed by atoms with Gasteiger partial charge in [0.1, 0.15) is 11.6 Å². The zero-order valence-corrected chi connectivity index (χ0v) is 16.0. The van der Waals surface area contributed by atoms with Crippen molar-refractivity contribution >= 4 is 29.1 Å². The molecule has 144 valence electrons. The van der Waals surface area contributed by atoms with Gasteiger partial charge in [-0.25, -0.2) is 9.67 Å². The number of nitrogens with zero attached hydrogens (tertiary/aromatic N) is 3. The zero-order chi connectivity index (χ0) is 20.3. The van der Waals surface area contributed by atoms with E-state index in [0.29, 0.717) is 28.9 Å². The summed E-state index contributed by atoms with van der Waals surface area (Å²) in [6.07, 6.45) is 0. The number of rotatable bonds is 6. The first-order valence-electron chi connectivity index (χ1n) is 8.47. The van der Waals surface area contributed by atoms with Crippen LogP contribution in [0.4, 0.5) is 5.69 Å². The molecule has 0 atom stereocenters. The molecule has 3 rings (SSSR count). The molecule has 0 bridgehead atoms. The molecule has 0 radical (unpaired) electrons. The second kappa shape index (κ2) is 8.10. The number of aromatic nitrogens is 3. The molecule has 0 spiro atoms. The van der Waals surface area contributed by atoms with Crippen molar-refractivity contribution in [2.45, 2.75) is 13.8 Å². The van der Waals surface area contributed by atoms with E-state index in [1.54, 1.807) is 43.3 Å². The van der Waals surface area contributed by atoms with Crippen LogP contribution in [0.5, 0.6) is 5.75 Å². The molecule has 3 N–H and O–H groups in total. The van der Waals surface area contributed by atoms with Crippen LogP contribution >= 0.6 is 11.6 Å². The third-order valence-corrected chi connectivity index (χ3v) is 4.19. The number of halogens is 1. The van der Waals surface area contributed by atoms with Crippen LogP contribution < -0.4 is 15.8 Å². The normalized spacial score (nSPS) is 10.5. The molecule has 1 aromatic heterocycles. The summed E-state index contributed by atoms with van der Waals surface area (Å²) < 4.78 is 6.84. The number of carbonyl (C=O) groups is 2. The molecule has 28 heavy (non-hydrogen) atoms. The average molecular weight is 400 g/mol. The van der Waals surface area contributed by atoms with Crippen molar-refractivity contribution in [2.24, 2.45) is 5.73 Å². The summed E-state index contributed by atoms with van der Waals surface area (Å²) in [5.41, 5.74) is 6.39. The minimum Gasteiger partial charge on any atom is -0.494 e. The standard InChI is InChI=1S/C19H18ClN5O3/c1-3-28-12-8-9-15(13(10-12)17(21)26)23-19(27)18-22-11(2)25(24-18)16-7-5-4-6-14(16)20/h4-10H,3H2,1-2H3,(H2,21,26)(H,23,27). The Balaban J connectivity index is 1.89. The highest BCUT2D eigenvalue weighted by Crippen LogP contribution is 2.23. The van der Waals surface area contributed by atoms with Crippen molar-refractivity contribution in [2.75, 3.05) is 11.9 Å². The van der Waals surface area contributed by atoms with Crippen LogP contribution in [0.2, 0.25) is 5.02 Å². The first-order chi connectivity index (χ1) is 13.4. The monoisotopic (exact) mass is 399 g/mol. The smallest absolute Gasteiger partial charge is 0.295 e. The highest BCUT2D eigenvalue weighted by molar-refractivity contribution is 6.32. The Morgan fingerprint density at radius 3 is 2.68 bits per heavy atom. The van der Waals surface area contributed by atoms with Crippen molar-refractivity contribution in [1.82, 2.24) is 14.8 Å². The van der Waals surface area contributed by atoms with Crippen LogP contribution in [-0.2, 0) is 0 Å². The second-order valence-corrected chi connectivity index (χ2v) is 6.21. The molecule has 0 saturated carbocycles. The fourth-order valence-electron chi connectivity index (χ4n) is 2.61. The zero-order valence-electron chi connectivity index (χ0n) is 15.3. The number of anilines is 1. The Hall–Kier alpha value is -3.39. The Morgan fingerprint density at radius 2 is 2.00 bits per heavy atom. The van der Waals surface area contributed by atoms with Crippen LogP contribution in [-0.4, -0.2) is 33.2 Å². The summed E-state index contributed by atoms with van der Waals surface area (Å²) in [5.74, 6) is -0.379. The molecule has 0 aliphatic rings. The van der Waals surface area contributed by atoms with Gasteiger partial charge >= 0.3 is 0 Å². The van der Waals surface area contributed by atoms with Gasteiger partial charge in [0, 0.05) is 0 Å². The SMILES string of the molecule is CCOc1ccc(NC(=O)c2nc(C)n(-c3ccccc3Cl)n2)c(C(N)=O)c1. The van der Waals surface area contributed by atoms with Gasteiger partial charge in [-0.2, -0.15) is 0 Å². The lowest BCUT2D eigenvalue weighted by molar-refractivity contribution is 0.100. The molecule has 2 amide bonds. The molecule has 0 saturated heterocycles. The lowest BCUT2D eigenvalue weighted by atomic mass is 10.1. The van der Waals surface area contributed by atoms with Gasteiger partial charge in [0.2, 0.25) is 5.82 Å². The number of aryl methyl sites for hydroxylation is 1. The highest BCUT2D eigenvalue weighted by Gasteiger charge is 2.19. The van der Waals surface area contributed by atoms with Gasteiger partial charge in [-0.1, -0.05) is 23.7 Å². The minimum absolute atomic E-state index is 0.0678. The van der Waals surface area contributed by atoms with E-state index in [1.807, 2.05) is 6.92 Å². The van der Waals surface area contributed by atoms with Gasteiger partial charge in [-0.15, -0.1) is 5.10 Å². The summed E-state index contributed by atoms with van der Waals surface area (Å²) in [4.78, 5) is 28.5. The van der Waals surface area contributed by atoms with E-state index in [0.717, 1.165) is 0 Å². The summed E-state index contributed by atoms with van der Waals surface area (Å²) in [7, 11) is 0. The number of carbonyl (C=O) groups excluding carboxylic acids is 2. The predicted molar refractivity (Wildman–Crippen MR) is 105 cm³/mol. The number of nitrogens with two attached hydrogens (primary N) is 1. The van der Waals surface area contributed by atoms with Crippen molar-refractivity contribution in [3.63, 3.8) is 0 Å². The summed E-state index contributed by atoms with van der Waals surface area (Å²) in [6, 6.07) is 11.7. The maximum atomic E-state index is 12.6. The van der Waals surface area contributed by atoms with Gasteiger partial charge in [0.05, 0.1) is 28.6 Å². The van der Waals surface area contributed by atoms with Crippen molar-refractivity contribution < 1.29 is 14.3 Å². The number of nitrogens with one attached hydrogen (secondary N) is 1. The van der Waals surface area contributed by atoms with E-state index in [1.165, 1.54) is 10.7 Å². The topological polar surface area (TPSA) is 112 Å². The van der Waals surface area contributed by atoms with Crippen LogP contribution in [0, 0.1) is 6.92 Å². The quantitative estimate of drug-likeness (QED) is 0.661. The lowest BCUT2D eigenvalue weighted by Gasteiger charge is -2.10. The number of ether oxygens (including phenoxy) is 1. The molecular weight excluding hydrogens is 382 g/mol. The van der Waals surface area contributed by atoms with E-state index in [2.05, 4.69) is 15.4 Å². The fourth-order valence-corrected chi connectivity index (χ4v) is 2.82. The molecular formula is C19H18ClN5O3. The number of primary amides is 1. The van der Waals surface area contributed by atoms with Crippen LogP contribution in [0.1, 0.15) is 33.7 Å². The first-order valence-corrected chi connectivity index (χ1v) is 8.85. The maximum absolute atomic E-state index is 12.6. The molecule has 3 aromatic rings. The Kier molecular flexibility index (Phi) is 5.60. The van der Waals surface area contributed by atoms with Gasteiger partial charge in [0.25, 0.3) is 11.8 Å². The Morgan fingerprint density at radius 1 is 1.25 bits per heavy atom. The molecule has 1 heterocycles. The van der Waals surface area contributed by atoms with Gasteiger partial charge in [-0.3, -0.25) is 9.59 Å². The lowest BCUT2D eigenvalue weighted by Crippen LogP contribution is -2.19. The fraction of sp³-hybridized carbons (Fsp3) is 0.158. The number of para-hydroxylation sites is 1. The van der Waals surface area contributed by atoms with Crippen molar-refractivity contribution in [3.8, 4) is 11.4 Å². The molecule has 0 aliphatic heterocycles. The average Bonchev–Trinajstić information content (AvgIpc) is 3.05. The largest absolute Gasteiger partial charge is 0.494 e. The molecule has 9 heteroatoms. The number of amides is 2. The number of benzene rings is 2. The molecule has 2 aromatic carbocycles. The summed E-state index contributed by atoms with van der Waals surface area (Å²) in [6.45, 7) is 3.97. The maximum Gasteiger partial charge on any atom is 0.295 e. The van der Waals surface area contributed by atoms with Gasteiger partial charge in [0.15, 0.2) is 0 Å². The van der Waals surface area contributed by atoms with E-state index >= 15 is 0 Å².